The predicted octanol–water partition coefficient (Wildman–Crippen LogP) is 2.00. The minimum Gasteiger partial charge on any atom is -0.379 e. The van der Waals surface area contributed by atoms with Gasteiger partial charge in [0, 0.05) is 32.4 Å². The molecular formula is C23H26F3N7O3. The number of hydrogen-bond donors (Lipinski definition) is 2. The number of piperazine rings is 1. The number of halogens is 3. The number of nitrogens with zero attached hydrogens (tertiary/aromatic N) is 5. The molecule has 0 aromatic carbocycles. The average molecular weight is 506 g/mol. The summed E-state index contributed by atoms with van der Waals surface area (Å²) in [6.45, 7) is 2.54. The van der Waals surface area contributed by atoms with E-state index in [-0.39, 0.29) is 37.1 Å². The zero-order chi connectivity index (χ0) is 25.7. The number of amides is 1. The van der Waals surface area contributed by atoms with E-state index in [4.69, 9.17) is 10.00 Å². The van der Waals surface area contributed by atoms with E-state index < -0.39 is 23.3 Å². The van der Waals surface area contributed by atoms with Gasteiger partial charge in [-0.1, -0.05) is 0 Å². The van der Waals surface area contributed by atoms with E-state index in [2.05, 4.69) is 15.4 Å². The fraction of sp³-hybridized carbons (Fsp3) is 0.522. The Hall–Kier alpha value is -3.66. The molecule has 1 saturated heterocycles. The molecule has 2 aromatic rings. The number of rotatable bonds is 9. The van der Waals surface area contributed by atoms with Gasteiger partial charge in [0.15, 0.2) is 0 Å². The molecule has 1 atom stereocenters. The summed E-state index contributed by atoms with van der Waals surface area (Å²) in [5.74, 6) is 0.828. The Bertz CT molecular complexity index is 1150. The van der Waals surface area contributed by atoms with Gasteiger partial charge in [0.25, 0.3) is 5.56 Å². The van der Waals surface area contributed by atoms with Gasteiger partial charge in [0.05, 0.1) is 43.1 Å². The van der Waals surface area contributed by atoms with Crippen molar-refractivity contribution in [2.24, 2.45) is 5.92 Å². The third-order valence-electron chi connectivity index (χ3n) is 6.26. The first-order valence-corrected chi connectivity index (χ1v) is 11.6. The number of pyridine rings is 1. The van der Waals surface area contributed by atoms with Crippen LogP contribution in [-0.2, 0) is 15.7 Å². The molecule has 36 heavy (non-hydrogen) atoms. The Morgan fingerprint density at radius 2 is 2.00 bits per heavy atom. The number of anilines is 2. The lowest BCUT2D eigenvalue weighted by Crippen LogP contribution is -2.49. The normalized spacial score (nSPS) is 16.9. The highest BCUT2D eigenvalue weighted by atomic mass is 19.4. The second kappa shape index (κ2) is 10.9. The highest BCUT2D eigenvalue weighted by Crippen LogP contribution is 2.37. The van der Waals surface area contributed by atoms with Crippen molar-refractivity contribution in [1.82, 2.24) is 20.1 Å². The molecule has 3 heterocycles. The Morgan fingerprint density at radius 3 is 2.61 bits per heavy atom. The Kier molecular flexibility index (Phi) is 7.73. The van der Waals surface area contributed by atoms with E-state index >= 15 is 0 Å². The fourth-order valence-electron chi connectivity index (χ4n) is 4.14. The third kappa shape index (κ3) is 6.31. The molecule has 0 unspecified atom stereocenters. The SMILES string of the molecule is N#Cc1ccc(N2CCN(C(=O)CCOC[C@@H](Nc3cn[nH]c(=O)c3C(F)(F)F)C3CC3)CC2)nc1. The number of nitrogens with one attached hydrogen (secondary N) is 2. The van der Waals surface area contributed by atoms with Crippen LogP contribution < -0.4 is 15.8 Å². The third-order valence-corrected chi connectivity index (χ3v) is 6.26. The fourth-order valence-corrected chi connectivity index (χ4v) is 4.14. The largest absolute Gasteiger partial charge is 0.423 e. The molecule has 10 nitrogen and oxygen atoms in total. The standard InChI is InChI=1S/C23H26F3N7O3/c24-23(25,26)21-17(13-29-31-22(21)35)30-18(16-2-3-16)14-36-10-5-20(34)33-8-6-32(7-9-33)19-4-1-15(11-27)12-28-19/h1,4,12-13,16,18H,2-3,5-10,14H2,(H2,30,31,35)/t18-/m1/s1. The van der Waals surface area contributed by atoms with Gasteiger partial charge in [-0.15, -0.1) is 0 Å². The zero-order valence-corrected chi connectivity index (χ0v) is 19.4. The summed E-state index contributed by atoms with van der Waals surface area (Å²) in [5, 5.41) is 17.0. The quantitative estimate of drug-likeness (QED) is 0.496. The van der Waals surface area contributed by atoms with Crippen LogP contribution >= 0.6 is 0 Å². The van der Waals surface area contributed by atoms with Crippen LogP contribution in [-0.4, -0.2) is 71.4 Å². The molecule has 1 saturated carbocycles. The van der Waals surface area contributed by atoms with Gasteiger partial charge >= 0.3 is 6.18 Å². The first-order chi connectivity index (χ1) is 17.3. The van der Waals surface area contributed by atoms with Gasteiger partial charge in [-0.2, -0.15) is 23.5 Å². The summed E-state index contributed by atoms with van der Waals surface area (Å²) < 4.78 is 45.6. The highest BCUT2D eigenvalue weighted by Gasteiger charge is 2.39. The lowest BCUT2D eigenvalue weighted by Gasteiger charge is -2.35. The van der Waals surface area contributed by atoms with Crippen molar-refractivity contribution in [1.29, 1.82) is 5.26 Å². The average Bonchev–Trinajstić information content (AvgIpc) is 3.71. The molecule has 13 heteroatoms. The van der Waals surface area contributed by atoms with Gasteiger partial charge in [-0.05, 0) is 30.9 Å². The second-order valence-electron chi connectivity index (χ2n) is 8.78. The summed E-state index contributed by atoms with van der Waals surface area (Å²) in [6.07, 6.45) is -0.500. The maximum atomic E-state index is 13.3. The van der Waals surface area contributed by atoms with E-state index in [1.54, 1.807) is 17.0 Å². The number of carbonyl (C=O) groups is 1. The first kappa shape index (κ1) is 25.4. The Balaban J connectivity index is 1.23. The van der Waals surface area contributed by atoms with Crippen molar-refractivity contribution < 1.29 is 22.7 Å². The van der Waals surface area contributed by atoms with Crippen molar-refractivity contribution in [3.05, 3.63) is 46.0 Å². The lowest BCUT2D eigenvalue weighted by atomic mass is 10.1. The monoisotopic (exact) mass is 505 g/mol. The minimum absolute atomic E-state index is 0.0588. The van der Waals surface area contributed by atoms with Gasteiger partial charge in [-0.3, -0.25) is 9.59 Å². The Labute approximate surface area is 205 Å². The number of alkyl halides is 3. The van der Waals surface area contributed by atoms with E-state index in [9.17, 15) is 22.8 Å². The van der Waals surface area contributed by atoms with Crippen molar-refractivity contribution in [2.45, 2.75) is 31.5 Å². The molecule has 2 N–H and O–H groups in total. The molecule has 1 aliphatic heterocycles. The molecule has 192 valence electrons. The summed E-state index contributed by atoms with van der Waals surface area (Å²) in [5.41, 5.74) is -2.50. The van der Waals surface area contributed by atoms with Gasteiger partial charge in [-0.25, -0.2) is 10.1 Å². The molecular weight excluding hydrogens is 479 g/mol. The molecule has 0 bridgehead atoms. The van der Waals surface area contributed by atoms with Crippen molar-refractivity contribution in [3.8, 4) is 6.07 Å². The topological polar surface area (TPSA) is 127 Å². The van der Waals surface area contributed by atoms with E-state index in [1.165, 1.54) is 6.20 Å². The number of ether oxygens (including phenoxy) is 1. The minimum atomic E-state index is -4.82. The number of aromatic amines is 1. The number of carbonyl (C=O) groups excluding carboxylic acids is 1. The smallest absolute Gasteiger partial charge is 0.379 e. The first-order valence-electron chi connectivity index (χ1n) is 11.6. The maximum absolute atomic E-state index is 13.3. The number of aromatic nitrogens is 3. The summed E-state index contributed by atoms with van der Waals surface area (Å²) >= 11 is 0. The summed E-state index contributed by atoms with van der Waals surface area (Å²) in [6, 6.07) is 5.10. The van der Waals surface area contributed by atoms with E-state index in [0.29, 0.717) is 31.7 Å². The van der Waals surface area contributed by atoms with Crippen LogP contribution in [0.2, 0.25) is 0 Å². The van der Waals surface area contributed by atoms with Crippen molar-refractivity contribution in [2.75, 3.05) is 49.6 Å². The van der Waals surface area contributed by atoms with Gasteiger partial charge in [0.1, 0.15) is 17.5 Å². The molecule has 2 aliphatic rings. The highest BCUT2D eigenvalue weighted by molar-refractivity contribution is 5.76. The van der Waals surface area contributed by atoms with Crippen LogP contribution in [0.25, 0.3) is 0 Å². The van der Waals surface area contributed by atoms with Crippen LogP contribution in [0.15, 0.2) is 29.3 Å². The molecule has 2 aromatic heterocycles. The Morgan fingerprint density at radius 1 is 1.25 bits per heavy atom. The zero-order valence-electron chi connectivity index (χ0n) is 19.4. The number of hydrogen-bond acceptors (Lipinski definition) is 8. The molecule has 0 radical (unpaired) electrons. The predicted molar refractivity (Wildman–Crippen MR) is 123 cm³/mol. The lowest BCUT2D eigenvalue weighted by molar-refractivity contribution is -0.138. The van der Waals surface area contributed by atoms with Crippen LogP contribution in [0, 0.1) is 17.2 Å². The second-order valence-corrected chi connectivity index (χ2v) is 8.78. The summed E-state index contributed by atoms with van der Waals surface area (Å²) in [7, 11) is 0. The number of nitriles is 1. The van der Waals surface area contributed by atoms with Crippen molar-refractivity contribution in [3.63, 3.8) is 0 Å². The molecule has 2 fully saturated rings. The van der Waals surface area contributed by atoms with Crippen LogP contribution in [0.1, 0.15) is 30.4 Å². The van der Waals surface area contributed by atoms with E-state index in [1.807, 2.05) is 16.1 Å². The van der Waals surface area contributed by atoms with E-state index in [0.717, 1.165) is 24.9 Å². The van der Waals surface area contributed by atoms with Crippen LogP contribution in [0.5, 0.6) is 0 Å². The van der Waals surface area contributed by atoms with Crippen molar-refractivity contribution >= 4 is 17.4 Å². The summed E-state index contributed by atoms with van der Waals surface area (Å²) in [4.78, 5) is 32.4. The maximum Gasteiger partial charge on any atom is 0.423 e. The molecule has 1 amide bonds. The van der Waals surface area contributed by atoms with Gasteiger partial charge < -0.3 is 19.9 Å². The molecule has 4 rings (SSSR count). The molecule has 1 aliphatic carbocycles. The van der Waals surface area contributed by atoms with Crippen LogP contribution in [0.4, 0.5) is 24.7 Å². The molecule has 0 spiro atoms. The van der Waals surface area contributed by atoms with Crippen LogP contribution in [0.3, 0.4) is 0 Å². The number of H-pyrrole nitrogens is 1. The van der Waals surface area contributed by atoms with Gasteiger partial charge in [0.2, 0.25) is 5.91 Å².